The third kappa shape index (κ3) is 3.65. The molecule has 3 heterocycles. The minimum absolute atomic E-state index is 0.0185. The maximum Gasteiger partial charge on any atom is 0.312 e. The molecule has 3 fully saturated rings. The molecule has 3 rings (SSSR count). The fourth-order valence-corrected chi connectivity index (χ4v) is 6.07. The molecule has 8 heteroatoms. The molecule has 0 radical (unpaired) electrons. The SMILES string of the molecule is C=CCN(C(=O)C1N(CCCCO)C(=O)[C@@H]2[C@@H](C(=O)OCC)[C@@]3(CC)CCC12O3)C(C)C. The van der Waals surface area contributed by atoms with Gasteiger partial charge in [-0.1, -0.05) is 13.0 Å². The minimum atomic E-state index is -1.03. The molecule has 8 nitrogen and oxygen atoms in total. The van der Waals surface area contributed by atoms with E-state index >= 15 is 0 Å². The van der Waals surface area contributed by atoms with Crippen molar-refractivity contribution in [3.8, 4) is 0 Å². The lowest BCUT2D eigenvalue weighted by atomic mass is 9.65. The molecule has 2 amide bonds. The zero-order valence-corrected chi connectivity index (χ0v) is 19.8. The molecule has 2 bridgehead atoms. The van der Waals surface area contributed by atoms with Crippen molar-refractivity contribution in [3.63, 3.8) is 0 Å². The first-order valence-electron chi connectivity index (χ1n) is 11.9. The summed E-state index contributed by atoms with van der Waals surface area (Å²) in [6, 6.07) is -0.876. The molecule has 0 aromatic heterocycles. The number of hydrogen-bond donors (Lipinski definition) is 1. The molecule has 0 aromatic rings. The quantitative estimate of drug-likeness (QED) is 0.293. The van der Waals surface area contributed by atoms with Gasteiger partial charge < -0.3 is 24.4 Å². The highest BCUT2D eigenvalue weighted by atomic mass is 16.6. The van der Waals surface area contributed by atoms with E-state index in [0.29, 0.717) is 45.2 Å². The summed E-state index contributed by atoms with van der Waals surface area (Å²) in [5.41, 5.74) is -1.81. The standard InChI is InChI=1S/C24H38N2O6/c1-6-13-25(16(4)5)21(29)19-24-12-11-23(7-2,32-24)18(22(30)31-8-3)17(24)20(28)26(19)14-9-10-15-27/h6,16-19,27H,1,7-15H2,2-5H3/t17-,18-,19?,23+,24?/m0/s1. The first kappa shape index (κ1) is 24.7. The number of nitrogens with zero attached hydrogens (tertiary/aromatic N) is 2. The number of aliphatic hydroxyl groups excluding tert-OH is 1. The molecule has 3 saturated heterocycles. The third-order valence-electron chi connectivity index (χ3n) is 7.49. The molecular formula is C24H38N2O6. The van der Waals surface area contributed by atoms with Crippen LogP contribution in [0, 0.1) is 11.8 Å². The van der Waals surface area contributed by atoms with Crippen molar-refractivity contribution in [1.29, 1.82) is 0 Å². The topological polar surface area (TPSA) is 96.4 Å². The number of esters is 1. The molecule has 3 aliphatic heterocycles. The van der Waals surface area contributed by atoms with E-state index in [2.05, 4.69) is 6.58 Å². The van der Waals surface area contributed by atoms with Gasteiger partial charge in [0.05, 0.1) is 18.1 Å². The van der Waals surface area contributed by atoms with Gasteiger partial charge in [0, 0.05) is 25.7 Å². The van der Waals surface area contributed by atoms with Crippen molar-refractivity contribution in [1.82, 2.24) is 9.80 Å². The van der Waals surface area contributed by atoms with Crippen molar-refractivity contribution in [2.75, 3.05) is 26.3 Å². The third-order valence-corrected chi connectivity index (χ3v) is 7.49. The molecule has 0 saturated carbocycles. The van der Waals surface area contributed by atoms with Crippen LogP contribution in [0.25, 0.3) is 0 Å². The van der Waals surface area contributed by atoms with Crippen molar-refractivity contribution in [2.45, 2.75) is 83.1 Å². The van der Waals surface area contributed by atoms with Gasteiger partial charge >= 0.3 is 5.97 Å². The van der Waals surface area contributed by atoms with E-state index in [0.717, 1.165) is 0 Å². The Morgan fingerprint density at radius 2 is 2.06 bits per heavy atom. The summed E-state index contributed by atoms with van der Waals surface area (Å²) in [6.45, 7) is 12.3. The van der Waals surface area contributed by atoms with Crippen molar-refractivity contribution < 1.29 is 29.0 Å². The number of rotatable bonds is 11. The molecule has 3 aliphatic rings. The summed E-state index contributed by atoms with van der Waals surface area (Å²) in [4.78, 5) is 44.1. The number of hydrogen-bond acceptors (Lipinski definition) is 6. The number of unbranched alkanes of at least 4 members (excludes halogenated alkanes) is 1. The molecule has 32 heavy (non-hydrogen) atoms. The van der Waals surface area contributed by atoms with Gasteiger partial charge in [0.1, 0.15) is 17.6 Å². The number of carbonyl (C=O) groups is 3. The molecule has 1 N–H and O–H groups in total. The fourth-order valence-electron chi connectivity index (χ4n) is 6.07. The van der Waals surface area contributed by atoms with Crippen LogP contribution in [0.2, 0.25) is 0 Å². The number of aliphatic hydroxyl groups is 1. The molecule has 0 aromatic carbocycles. The summed E-state index contributed by atoms with van der Waals surface area (Å²) in [6.07, 6.45) is 4.54. The minimum Gasteiger partial charge on any atom is -0.466 e. The second-order valence-electron chi connectivity index (χ2n) is 9.42. The zero-order valence-electron chi connectivity index (χ0n) is 19.8. The summed E-state index contributed by atoms with van der Waals surface area (Å²) >= 11 is 0. The molecule has 180 valence electrons. The smallest absolute Gasteiger partial charge is 0.312 e. The van der Waals surface area contributed by atoms with E-state index < -0.39 is 35.0 Å². The summed E-state index contributed by atoms with van der Waals surface area (Å²) < 4.78 is 12.0. The Morgan fingerprint density at radius 3 is 2.62 bits per heavy atom. The van der Waals surface area contributed by atoms with Crippen molar-refractivity contribution in [2.24, 2.45) is 11.8 Å². The Kier molecular flexibility index (Phi) is 7.34. The van der Waals surface area contributed by atoms with Gasteiger partial charge in [0.15, 0.2) is 0 Å². The van der Waals surface area contributed by atoms with Crippen LogP contribution in [0.15, 0.2) is 12.7 Å². The maximum absolute atomic E-state index is 13.9. The lowest BCUT2D eigenvalue weighted by Gasteiger charge is -2.38. The van der Waals surface area contributed by atoms with Crippen molar-refractivity contribution in [3.05, 3.63) is 12.7 Å². The first-order valence-corrected chi connectivity index (χ1v) is 11.9. The van der Waals surface area contributed by atoms with Gasteiger partial charge in [-0.2, -0.15) is 0 Å². The van der Waals surface area contributed by atoms with Crippen LogP contribution in [0.5, 0.6) is 0 Å². The van der Waals surface area contributed by atoms with Gasteiger partial charge in [0.25, 0.3) is 0 Å². The number of ether oxygens (including phenoxy) is 2. The lowest BCUT2D eigenvalue weighted by molar-refractivity contribution is -0.161. The Balaban J connectivity index is 2.07. The summed E-state index contributed by atoms with van der Waals surface area (Å²) in [5, 5.41) is 9.24. The Hall–Kier alpha value is -1.93. The Labute approximate surface area is 190 Å². The van der Waals surface area contributed by atoms with Gasteiger partial charge in [-0.25, -0.2) is 0 Å². The van der Waals surface area contributed by atoms with E-state index in [1.165, 1.54) is 0 Å². The van der Waals surface area contributed by atoms with Crippen molar-refractivity contribution >= 4 is 17.8 Å². The normalized spacial score (nSPS) is 33.0. The highest BCUT2D eigenvalue weighted by Gasteiger charge is 2.79. The van der Waals surface area contributed by atoms with Gasteiger partial charge in [-0.3, -0.25) is 14.4 Å². The summed E-state index contributed by atoms with van der Waals surface area (Å²) in [7, 11) is 0. The average Bonchev–Trinajstić information content (AvgIpc) is 3.36. The van der Waals surface area contributed by atoms with E-state index in [1.807, 2.05) is 20.8 Å². The largest absolute Gasteiger partial charge is 0.466 e. The van der Waals surface area contributed by atoms with Gasteiger partial charge in [-0.15, -0.1) is 6.58 Å². The van der Waals surface area contributed by atoms with Gasteiger partial charge in [0.2, 0.25) is 11.8 Å². The van der Waals surface area contributed by atoms with Crippen LogP contribution in [0.3, 0.4) is 0 Å². The lowest BCUT2D eigenvalue weighted by Crippen LogP contribution is -2.57. The fraction of sp³-hybridized carbons (Fsp3) is 0.792. The molecular weight excluding hydrogens is 412 g/mol. The van der Waals surface area contributed by atoms with Crippen LogP contribution in [-0.2, 0) is 23.9 Å². The second-order valence-corrected chi connectivity index (χ2v) is 9.42. The van der Waals surface area contributed by atoms with Crippen LogP contribution < -0.4 is 0 Å². The van der Waals surface area contributed by atoms with Crippen LogP contribution in [0.4, 0.5) is 0 Å². The number of amides is 2. The second kappa shape index (κ2) is 9.51. The summed E-state index contributed by atoms with van der Waals surface area (Å²) in [5.74, 6) is -2.23. The van der Waals surface area contributed by atoms with Gasteiger partial charge in [-0.05, 0) is 52.9 Å². The van der Waals surface area contributed by atoms with E-state index in [-0.39, 0.29) is 31.1 Å². The molecule has 2 unspecified atom stereocenters. The van der Waals surface area contributed by atoms with E-state index in [9.17, 15) is 19.5 Å². The molecule has 1 spiro atoms. The maximum atomic E-state index is 13.9. The monoisotopic (exact) mass is 450 g/mol. The van der Waals surface area contributed by atoms with E-state index in [1.54, 1.807) is 22.8 Å². The highest BCUT2D eigenvalue weighted by molar-refractivity contribution is 5.98. The number of fused-ring (bicyclic) bond motifs is 1. The molecule has 5 atom stereocenters. The van der Waals surface area contributed by atoms with Crippen LogP contribution >= 0.6 is 0 Å². The predicted octanol–water partition coefficient (Wildman–Crippen LogP) is 1.90. The first-order chi connectivity index (χ1) is 15.2. The van der Waals surface area contributed by atoms with Crippen LogP contribution in [-0.4, -0.2) is 82.3 Å². The number of carbonyl (C=O) groups excluding carboxylic acids is 3. The predicted molar refractivity (Wildman–Crippen MR) is 119 cm³/mol. The highest BCUT2D eigenvalue weighted by Crippen LogP contribution is 2.64. The average molecular weight is 451 g/mol. The Morgan fingerprint density at radius 1 is 1.34 bits per heavy atom. The Bertz CT molecular complexity index is 755. The number of likely N-dealkylation sites (tertiary alicyclic amines) is 1. The van der Waals surface area contributed by atoms with E-state index in [4.69, 9.17) is 9.47 Å². The zero-order chi connectivity index (χ0) is 23.7. The van der Waals surface area contributed by atoms with Crippen LogP contribution in [0.1, 0.15) is 59.8 Å². The molecule has 0 aliphatic carbocycles.